The van der Waals surface area contributed by atoms with Crippen molar-refractivity contribution in [2.45, 2.75) is 12.5 Å². The van der Waals surface area contributed by atoms with Gasteiger partial charge in [0, 0.05) is 6.54 Å². The highest BCUT2D eigenvalue weighted by Crippen LogP contribution is 2.30. The lowest BCUT2D eigenvalue weighted by atomic mass is 9.90. The Morgan fingerprint density at radius 3 is 2.50 bits per heavy atom. The topological polar surface area (TPSA) is 12.0 Å². The van der Waals surface area contributed by atoms with Crippen molar-refractivity contribution in [3.05, 3.63) is 70.8 Å². The molecule has 92 valence electrons. The number of hydrogen-bond donors (Lipinski definition) is 1. The number of fused-ring (bicyclic) bond motifs is 1. The third kappa shape index (κ3) is 1.91. The van der Waals surface area contributed by atoms with Crippen LogP contribution in [-0.2, 0) is 6.42 Å². The monoisotopic (exact) mass is 245 g/mol. The van der Waals surface area contributed by atoms with Gasteiger partial charge >= 0.3 is 0 Å². The van der Waals surface area contributed by atoms with Crippen LogP contribution in [-0.4, -0.2) is 6.54 Å². The van der Waals surface area contributed by atoms with Crippen molar-refractivity contribution in [1.82, 2.24) is 5.32 Å². The lowest BCUT2D eigenvalue weighted by Crippen LogP contribution is -2.30. The quantitative estimate of drug-likeness (QED) is 0.813. The summed E-state index contributed by atoms with van der Waals surface area (Å²) in [6, 6.07) is 12.4. The summed E-state index contributed by atoms with van der Waals surface area (Å²) < 4.78 is 26.6. The molecule has 2 aromatic carbocycles. The Bertz CT molecular complexity index is 566. The van der Waals surface area contributed by atoms with Crippen LogP contribution < -0.4 is 5.32 Å². The predicted molar refractivity (Wildman–Crippen MR) is 66.3 cm³/mol. The predicted octanol–water partition coefficient (Wildman–Crippen LogP) is 3.20. The zero-order valence-corrected chi connectivity index (χ0v) is 9.79. The largest absolute Gasteiger partial charge is 0.306 e. The molecule has 1 aliphatic heterocycles. The van der Waals surface area contributed by atoms with E-state index in [1.165, 1.54) is 12.1 Å². The van der Waals surface area contributed by atoms with Crippen LogP contribution in [0.15, 0.2) is 42.5 Å². The van der Waals surface area contributed by atoms with Gasteiger partial charge in [-0.25, -0.2) is 8.78 Å². The number of hydrogen-bond acceptors (Lipinski definition) is 1. The average molecular weight is 245 g/mol. The molecule has 1 nitrogen and oxygen atoms in total. The minimum Gasteiger partial charge on any atom is -0.306 e. The molecular formula is C15H13F2N. The molecule has 0 fully saturated rings. The van der Waals surface area contributed by atoms with Gasteiger partial charge in [0.15, 0.2) is 11.6 Å². The van der Waals surface area contributed by atoms with Gasteiger partial charge in [-0.1, -0.05) is 30.3 Å². The van der Waals surface area contributed by atoms with E-state index in [0.29, 0.717) is 0 Å². The van der Waals surface area contributed by atoms with Crippen LogP contribution in [0, 0.1) is 11.6 Å². The van der Waals surface area contributed by atoms with E-state index >= 15 is 0 Å². The highest BCUT2D eigenvalue weighted by atomic mass is 19.2. The molecule has 0 unspecified atom stereocenters. The SMILES string of the molecule is Fc1cc2c(cc1F)[C@H](c1ccccc1)NCC2. The van der Waals surface area contributed by atoms with Crippen LogP contribution in [0.3, 0.4) is 0 Å². The fourth-order valence-corrected chi connectivity index (χ4v) is 2.49. The first-order valence-electron chi connectivity index (χ1n) is 6.02. The standard InChI is InChI=1S/C15H13F2N/c16-13-8-11-6-7-18-15(12(11)9-14(13)17)10-4-2-1-3-5-10/h1-5,8-9,15,18H,6-7H2/t15-/m0/s1. The Morgan fingerprint density at radius 1 is 1.00 bits per heavy atom. The highest BCUT2D eigenvalue weighted by Gasteiger charge is 2.23. The van der Waals surface area contributed by atoms with E-state index in [4.69, 9.17) is 0 Å². The van der Waals surface area contributed by atoms with E-state index in [9.17, 15) is 8.78 Å². The van der Waals surface area contributed by atoms with E-state index in [-0.39, 0.29) is 6.04 Å². The normalized spacial score (nSPS) is 18.4. The van der Waals surface area contributed by atoms with Crippen LogP contribution in [0.5, 0.6) is 0 Å². The fourth-order valence-electron chi connectivity index (χ4n) is 2.49. The van der Waals surface area contributed by atoms with Gasteiger partial charge < -0.3 is 5.32 Å². The highest BCUT2D eigenvalue weighted by molar-refractivity contribution is 5.40. The first kappa shape index (κ1) is 11.4. The molecule has 1 N–H and O–H groups in total. The number of nitrogens with one attached hydrogen (secondary N) is 1. The molecule has 1 atom stereocenters. The summed E-state index contributed by atoms with van der Waals surface area (Å²) in [5.41, 5.74) is 2.80. The third-order valence-corrected chi connectivity index (χ3v) is 3.37. The van der Waals surface area contributed by atoms with E-state index in [1.807, 2.05) is 30.3 Å². The second-order valence-corrected chi connectivity index (χ2v) is 4.51. The van der Waals surface area contributed by atoms with Crippen molar-refractivity contribution >= 4 is 0 Å². The van der Waals surface area contributed by atoms with Crippen molar-refractivity contribution < 1.29 is 8.78 Å². The van der Waals surface area contributed by atoms with Gasteiger partial charge in [0.2, 0.25) is 0 Å². The molecule has 0 aromatic heterocycles. The molecule has 0 spiro atoms. The molecule has 0 saturated heterocycles. The maximum absolute atomic E-state index is 13.4. The minimum atomic E-state index is -0.779. The van der Waals surface area contributed by atoms with Gasteiger partial charge in [0.05, 0.1) is 6.04 Å². The van der Waals surface area contributed by atoms with Crippen molar-refractivity contribution in [3.63, 3.8) is 0 Å². The fraction of sp³-hybridized carbons (Fsp3) is 0.200. The summed E-state index contributed by atoms with van der Waals surface area (Å²) in [5, 5.41) is 3.35. The van der Waals surface area contributed by atoms with Gasteiger partial charge in [-0.05, 0) is 35.2 Å². The molecule has 0 amide bonds. The van der Waals surface area contributed by atoms with Crippen LogP contribution >= 0.6 is 0 Å². The molecule has 0 saturated carbocycles. The van der Waals surface area contributed by atoms with Crippen LogP contribution in [0.25, 0.3) is 0 Å². The zero-order valence-electron chi connectivity index (χ0n) is 9.79. The molecule has 3 heteroatoms. The van der Waals surface area contributed by atoms with E-state index in [1.54, 1.807) is 0 Å². The van der Waals surface area contributed by atoms with Gasteiger partial charge in [-0.3, -0.25) is 0 Å². The van der Waals surface area contributed by atoms with Gasteiger partial charge in [-0.15, -0.1) is 0 Å². The van der Waals surface area contributed by atoms with Crippen molar-refractivity contribution in [3.8, 4) is 0 Å². The van der Waals surface area contributed by atoms with Crippen LogP contribution in [0.1, 0.15) is 22.7 Å². The molecule has 0 bridgehead atoms. The van der Waals surface area contributed by atoms with E-state index in [2.05, 4.69) is 5.32 Å². The molecule has 1 aliphatic rings. The van der Waals surface area contributed by atoms with Gasteiger partial charge in [-0.2, -0.15) is 0 Å². The minimum absolute atomic E-state index is 0.0509. The first-order chi connectivity index (χ1) is 8.75. The summed E-state index contributed by atoms with van der Waals surface area (Å²) in [7, 11) is 0. The zero-order chi connectivity index (χ0) is 12.5. The molecular weight excluding hydrogens is 232 g/mol. The summed E-state index contributed by atoms with van der Waals surface area (Å²) in [5.74, 6) is -1.54. The van der Waals surface area contributed by atoms with Crippen molar-refractivity contribution in [2.75, 3.05) is 6.54 Å². The molecule has 1 heterocycles. The molecule has 18 heavy (non-hydrogen) atoms. The number of rotatable bonds is 1. The third-order valence-electron chi connectivity index (χ3n) is 3.37. The molecule has 2 aromatic rings. The second-order valence-electron chi connectivity index (χ2n) is 4.51. The Kier molecular flexibility index (Phi) is 2.84. The lowest BCUT2D eigenvalue weighted by molar-refractivity contribution is 0.493. The maximum atomic E-state index is 13.4. The Labute approximate surface area is 104 Å². The summed E-state index contributed by atoms with van der Waals surface area (Å²) in [4.78, 5) is 0. The summed E-state index contributed by atoms with van der Waals surface area (Å²) in [6.45, 7) is 0.775. The molecule has 0 radical (unpaired) electrons. The van der Waals surface area contributed by atoms with Gasteiger partial charge in [0.1, 0.15) is 0 Å². The number of benzene rings is 2. The summed E-state index contributed by atoms with van der Waals surface area (Å²) >= 11 is 0. The summed E-state index contributed by atoms with van der Waals surface area (Å²) in [6.07, 6.45) is 0.732. The second kappa shape index (κ2) is 4.50. The first-order valence-corrected chi connectivity index (χ1v) is 6.02. The lowest BCUT2D eigenvalue weighted by Gasteiger charge is -2.27. The van der Waals surface area contributed by atoms with Crippen LogP contribution in [0.4, 0.5) is 8.78 Å². The van der Waals surface area contributed by atoms with E-state index < -0.39 is 11.6 Å². The Balaban J connectivity index is 2.09. The number of halogens is 2. The smallest absolute Gasteiger partial charge is 0.159 e. The maximum Gasteiger partial charge on any atom is 0.159 e. The molecule has 0 aliphatic carbocycles. The Morgan fingerprint density at radius 2 is 1.72 bits per heavy atom. The van der Waals surface area contributed by atoms with E-state index in [0.717, 1.165) is 29.7 Å². The van der Waals surface area contributed by atoms with Crippen molar-refractivity contribution in [1.29, 1.82) is 0 Å². The Hall–Kier alpha value is -1.74. The van der Waals surface area contributed by atoms with Gasteiger partial charge in [0.25, 0.3) is 0 Å². The van der Waals surface area contributed by atoms with Crippen LogP contribution in [0.2, 0.25) is 0 Å². The van der Waals surface area contributed by atoms with Crippen molar-refractivity contribution in [2.24, 2.45) is 0 Å². The average Bonchev–Trinajstić information content (AvgIpc) is 2.40. The molecule has 3 rings (SSSR count).